The fraction of sp³-hybridized carbons (Fsp3) is 0.182. The number of rotatable bonds is 1. The van der Waals surface area contributed by atoms with Crippen LogP contribution in [0.5, 0.6) is 5.88 Å². The van der Waals surface area contributed by atoms with Gasteiger partial charge in [-0.1, -0.05) is 11.6 Å². The van der Waals surface area contributed by atoms with Crippen LogP contribution in [0.25, 0.3) is 11.1 Å². The third-order valence-electron chi connectivity index (χ3n) is 2.39. The standard InChI is InChI=1S/C11H10ClFN2O/c1-6-10(11(16)15(2)14-6)8-4-3-7(13)5-9(8)12/h3-5,16H,1-2H3. The molecule has 1 aromatic heterocycles. The third-order valence-corrected chi connectivity index (χ3v) is 2.71. The van der Waals surface area contributed by atoms with Gasteiger partial charge in [0, 0.05) is 12.6 Å². The maximum Gasteiger partial charge on any atom is 0.217 e. The van der Waals surface area contributed by atoms with Gasteiger partial charge in [-0.2, -0.15) is 5.10 Å². The van der Waals surface area contributed by atoms with E-state index in [1.165, 1.54) is 22.9 Å². The first kappa shape index (κ1) is 11.0. The number of halogens is 2. The van der Waals surface area contributed by atoms with Crippen molar-refractivity contribution in [3.63, 3.8) is 0 Å². The highest BCUT2D eigenvalue weighted by molar-refractivity contribution is 6.33. The molecule has 0 saturated heterocycles. The van der Waals surface area contributed by atoms with Crippen LogP contribution in [0.3, 0.4) is 0 Å². The zero-order valence-corrected chi connectivity index (χ0v) is 9.59. The van der Waals surface area contributed by atoms with Gasteiger partial charge in [-0.15, -0.1) is 0 Å². The molecule has 0 fully saturated rings. The summed E-state index contributed by atoms with van der Waals surface area (Å²) < 4.78 is 14.3. The van der Waals surface area contributed by atoms with Crippen molar-refractivity contribution in [2.75, 3.05) is 0 Å². The molecule has 0 aliphatic heterocycles. The van der Waals surface area contributed by atoms with Gasteiger partial charge in [-0.25, -0.2) is 9.07 Å². The van der Waals surface area contributed by atoms with E-state index in [1.54, 1.807) is 14.0 Å². The number of aromatic hydroxyl groups is 1. The molecule has 0 spiro atoms. The summed E-state index contributed by atoms with van der Waals surface area (Å²) in [5.41, 5.74) is 1.76. The molecule has 0 saturated carbocycles. The van der Waals surface area contributed by atoms with Crippen molar-refractivity contribution in [3.05, 3.63) is 34.7 Å². The average molecular weight is 241 g/mol. The molecule has 3 nitrogen and oxygen atoms in total. The van der Waals surface area contributed by atoms with Crippen LogP contribution in [-0.2, 0) is 7.05 Å². The fourth-order valence-electron chi connectivity index (χ4n) is 1.65. The van der Waals surface area contributed by atoms with Crippen molar-refractivity contribution in [2.24, 2.45) is 7.05 Å². The van der Waals surface area contributed by atoms with Crippen molar-refractivity contribution < 1.29 is 9.50 Å². The van der Waals surface area contributed by atoms with Crippen LogP contribution < -0.4 is 0 Å². The van der Waals surface area contributed by atoms with Gasteiger partial charge in [0.05, 0.1) is 16.3 Å². The van der Waals surface area contributed by atoms with E-state index in [9.17, 15) is 9.50 Å². The van der Waals surface area contributed by atoms with Crippen LogP contribution in [0.2, 0.25) is 5.02 Å². The molecule has 0 amide bonds. The van der Waals surface area contributed by atoms with Crippen LogP contribution in [-0.4, -0.2) is 14.9 Å². The van der Waals surface area contributed by atoms with Gasteiger partial charge in [0.2, 0.25) is 5.88 Å². The molecule has 1 aromatic carbocycles. The van der Waals surface area contributed by atoms with E-state index in [2.05, 4.69) is 5.10 Å². The number of benzene rings is 1. The maximum absolute atomic E-state index is 12.9. The average Bonchev–Trinajstić information content (AvgIpc) is 2.43. The van der Waals surface area contributed by atoms with Gasteiger partial charge in [-0.3, -0.25) is 0 Å². The summed E-state index contributed by atoms with van der Waals surface area (Å²) in [6.45, 7) is 1.76. The predicted octanol–water partition coefficient (Wildman–Crippen LogP) is 2.89. The molecule has 0 bridgehead atoms. The van der Waals surface area contributed by atoms with Gasteiger partial charge in [0.1, 0.15) is 5.82 Å². The summed E-state index contributed by atoms with van der Waals surface area (Å²) in [4.78, 5) is 0. The lowest BCUT2D eigenvalue weighted by atomic mass is 10.1. The van der Waals surface area contributed by atoms with Gasteiger partial charge >= 0.3 is 0 Å². The molecule has 1 N–H and O–H groups in total. The van der Waals surface area contributed by atoms with Crippen molar-refractivity contribution in [1.82, 2.24) is 9.78 Å². The van der Waals surface area contributed by atoms with E-state index in [4.69, 9.17) is 11.6 Å². The van der Waals surface area contributed by atoms with Crippen LogP contribution >= 0.6 is 11.6 Å². The molecular weight excluding hydrogens is 231 g/mol. The lowest BCUT2D eigenvalue weighted by Crippen LogP contribution is -1.88. The Bertz CT molecular complexity index is 551. The number of aromatic nitrogens is 2. The van der Waals surface area contributed by atoms with E-state index < -0.39 is 5.82 Å². The van der Waals surface area contributed by atoms with Crippen molar-refractivity contribution in [2.45, 2.75) is 6.92 Å². The molecule has 0 unspecified atom stereocenters. The first-order valence-corrected chi connectivity index (χ1v) is 5.06. The summed E-state index contributed by atoms with van der Waals surface area (Å²) >= 11 is 5.93. The predicted molar refractivity (Wildman–Crippen MR) is 60.0 cm³/mol. The second kappa shape index (κ2) is 3.79. The van der Waals surface area contributed by atoms with E-state index in [0.29, 0.717) is 16.8 Å². The van der Waals surface area contributed by atoms with Gasteiger partial charge < -0.3 is 5.11 Å². The fourth-order valence-corrected chi connectivity index (χ4v) is 1.92. The largest absolute Gasteiger partial charge is 0.493 e. The summed E-state index contributed by atoms with van der Waals surface area (Å²) in [5, 5.41) is 14.1. The normalized spacial score (nSPS) is 10.8. The smallest absolute Gasteiger partial charge is 0.217 e. The summed E-state index contributed by atoms with van der Waals surface area (Å²) in [6.07, 6.45) is 0. The Morgan fingerprint density at radius 2 is 2.12 bits per heavy atom. The molecule has 0 atom stereocenters. The lowest BCUT2D eigenvalue weighted by Gasteiger charge is -2.03. The molecule has 2 rings (SSSR count). The molecule has 2 aromatic rings. The first-order chi connectivity index (χ1) is 7.50. The molecule has 1 heterocycles. The van der Waals surface area contributed by atoms with Gasteiger partial charge in [0.15, 0.2) is 0 Å². The molecule has 0 radical (unpaired) electrons. The second-order valence-electron chi connectivity index (χ2n) is 3.53. The monoisotopic (exact) mass is 240 g/mol. The van der Waals surface area contributed by atoms with E-state index in [1.807, 2.05) is 0 Å². The molecule has 16 heavy (non-hydrogen) atoms. The topological polar surface area (TPSA) is 38.0 Å². The van der Waals surface area contributed by atoms with E-state index in [-0.39, 0.29) is 10.9 Å². The highest BCUT2D eigenvalue weighted by Crippen LogP contribution is 2.36. The number of nitrogens with zero attached hydrogens (tertiary/aromatic N) is 2. The van der Waals surface area contributed by atoms with E-state index >= 15 is 0 Å². The van der Waals surface area contributed by atoms with Crippen LogP contribution in [0.4, 0.5) is 4.39 Å². The van der Waals surface area contributed by atoms with Crippen molar-refractivity contribution in [3.8, 4) is 17.0 Å². The molecule has 0 aliphatic rings. The number of hydrogen-bond donors (Lipinski definition) is 1. The minimum atomic E-state index is -0.408. The Labute approximate surface area is 97.1 Å². The summed E-state index contributed by atoms with van der Waals surface area (Å²) in [5.74, 6) is -0.388. The van der Waals surface area contributed by atoms with Crippen LogP contribution in [0, 0.1) is 12.7 Å². The summed E-state index contributed by atoms with van der Waals surface area (Å²) in [6, 6.07) is 4.04. The molecule has 84 valence electrons. The SMILES string of the molecule is Cc1nn(C)c(O)c1-c1ccc(F)cc1Cl. The highest BCUT2D eigenvalue weighted by atomic mass is 35.5. The maximum atomic E-state index is 12.9. The molecule has 0 aliphatic carbocycles. The van der Waals surface area contributed by atoms with Crippen molar-refractivity contribution >= 4 is 11.6 Å². The van der Waals surface area contributed by atoms with Crippen LogP contribution in [0.15, 0.2) is 18.2 Å². The van der Waals surface area contributed by atoms with E-state index in [0.717, 1.165) is 0 Å². The number of hydrogen-bond acceptors (Lipinski definition) is 2. The van der Waals surface area contributed by atoms with Gasteiger partial charge in [-0.05, 0) is 25.1 Å². The Morgan fingerprint density at radius 3 is 2.62 bits per heavy atom. The molecular formula is C11H10ClFN2O. The Hall–Kier alpha value is -1.55. The Balaban J connectivity index is 2.67. The first-order valence-electron chi connectivity index (χ1n) is 4.68. The quantitative estimate of drug-likeness (QED) is 0.832. The lowest BCUT2D eigenvalue weighted by molar-refractivity contribution is 0.420. The highest BCUT2D eigenvalue weighted by Gasteiger charge is 2.16. The zero-order chi connectivity index (χ0) is 11.9. The van der Waals surface area contributed by atoms with Crippen LogP contribution in [0.1, 0.15) is 5.69 Å². The zero-order valence-electron chi connectivity index (χ0n) is 8.83. The minimum Gasteiger partial charge on any atom is -0.493 e. The Kier molecular flexibility index (Phi) is 2.59. The number of aryl methyl sites for hydroxylation is 2. The third kappa shape index (κ3) is 1.65. The minimum absolute atomic E-state index is 0.0195. The molecule has 5 heteroatoms. The summed E-state index contributed by atoms with van der Waals surface area (Å²) in [7, 11) is 1.63. The Morgan fingerprint density at radius 1 is 1.44 bits per heavy atom. The van der Waals surface area contributed by atoms with Gasteiger partial charge in [0.25, 0.3) is 0 Å². The second-order valence-corrected chi connectivity index (χ2v) is 3.94. The van der Waals surface area contributed by atoms with Crippen molar-refractivity contribution in [1.29, 1.82) is 0 Å².